The number of amides is 2. The Balaban J connectivity index is 1.64. The molecule has 0 aliphatic rings. The van der Waals surface area contributed by atoms with Gasteiger partial charge in [0.1, 0.15) is 6.04 Å². The van der Waals surface area contributed by atoms with Crippen molar-refractivity contribution in [1.82, 2.24) is 10.2 Å². The third kappa shape index (κ3) is 7.29. The minimum atomic E-state index is -0.623. The molecular formula is C33H36N2O2. The average molecular weight is 493 g/mol. The maximum Gasteiger partial charge on any atom is 0.243 e. The Labute approximate surface area is 220 Å². The van der Waals surface area contributed by atoms with E-state index in [0.717, 1.165) is 16.7 Å². The molecular weight excluding hydrogens is 456 g/mol. The lowest BCUT2D eigenvalue weighted by molar-refractivity contribution is -0.141. The third-order valence-corrected chi connectivity index (χ3v) is 6.45. The van der Waals surface area contributed by atoms with E-state index in [2.05, 4.69) is 29.6 Å². The Morgan fingerprint density at radius 2 is 1.35 bits per heavy atom. The highest BCUT2D eigenvalue weighted by atomic mass is 16.2. The summed E-state index contributed by atoms with van der Waals surface area (Å²) in [6, 6.07) is 33.7. The zero-order chi connectivity index (χ0) is 26.3. The highest BCUT2D eigenvalue weighted by molar-refractivity contribution is 5.89. The predicted molar refractivity (Wildman–Crippen MR) is 151 cm³/mol. The van der Waals surface area contributed by atoms with Crippen LogP contribution in [0.2, 0.25) is 0 Å². The van der Waals surface area contributed by atoms with Crippen LogP contribution in [-0.2, 0) is 29.0 Å². The second kappa shape index (κ2) is 11.9. The number of aryl methyl sites for hydroxylation is 1. The van der Waals surface area contributed by atoms with Gasteiger partial charge in [-0.2, -0.15) is 0 Å². The Bertz CT molecular complexity index is 1320. The van der Waals surface area contributed by atoms with E-state index in [-0.39, 0.29) is 11.8 Å². The van der Waals surface area contributed by atoms with E-state index in [0.29, 0.717) is 25.8 Å². The summed E-state index contributed by atoms with van der Waals surface area (Å²) >= 11 is 0. The van der Waals surface area contributed by atoms with Crippen LogP contribution in [0.3, 0.4) is 0 Å². The number of hydrogen-bond donors (Lipinski definition) is 1. The lowest BCUT2D eigenvalue weighted by Crippen LogP contribution is -2.54. The number of nitrogens with zero attached hydrogens (tertiary/aromatic N) is 1. The van der Waals surface area contributed by atoms with Gasteiger partial charge in [0.15, 0.2) is 0 Å². The van der Waals surface area contributed by atoms with Crippen LogP contribution in [-0.4, -0.2) is 28.3 Å². The second-order valence-electron chi connectivity index (χ2n) is 10.6. The van der Waals surface area contributed by atoms with Gasteiger partial charge in [-0.15, -0.1) is 0 Å². The molecule has 37 heavy (non-hydrogen) atoms. The molecule has 0 unspecified atom stereocenters. The molecule has 0 saturated heterocycles. The number of benzene rings is 4. The fourth-order valence-corrected chi connectivity index (χ4v) is 4.68. The first-order chi connectivity index (χ1) is 17.8. The molecule has 0 saturated carbocycles. The lowest BCUT2D eigenvalue weighted by atomic mass is 9.98. The molecule has 4 aromatic carbocycles. The topological polar surface area (TPSA) is 49.4 Å². The predicted octanol–water partition coefficient (Wildman–Crippen LogP) is 6.33. The van der Waals surface area contributed by atoms with E-state index in [9.17, 15) is 9.59 Å². The summed E-state index contributed by atoms with van der Waals surface area (Å²) in [5.41, 5.74) is 2.76. The van der Waals surface area contributed by atoms with Gasteiger partial charge in [-0.05, 0) is 54.7 Å². The summed E-state index contributed by atoms with van der Waals surface area (Å²) in [5.74, 6) is -0.160. The Morgan fingerprint density at radius 3 is 2.03 bits per heavy atom. The van der Waals surface area contributed by atoms with Crippen LogP contribution in [0.5, 0.6) is 0 Å². The average Bonchev–Trinajstić information content (AvgIpc) is 2.89. The first-order valence-electron chi connectivity index (χ1n) is 13.0. The minimum Gasteiger partial charge on any atom is -0.350 e. The van der Waals surface area contributed by atoms with E-state index in [4.69, 9.17) is 0 Å². The maximum atomic E-state index is 13.9. The molecule has 190 valence electrons. The van der Waals surface area contributed by atoms with Gasteiger partial charge < -0.3 is 10.2 Å². The molecule has 0 heterocycles. The van der Waals surface area contributed by atoms with E-state index in [1.807, 2.05) is 99.6 Å². The van der Waals surface area contributed by atoms with E-state index >= 15 is 0 Å². The molecule has 0 spiro atoms. The van der Waals surface area contributed by atoms with Crippen molar-refractivity contribution in [1.29, 1.82) is 0 Å². The van der Waals surface area contributed by atoms with Crippen molar-refractivity contribution in [3.05, 3.63) is 120 Å². The van der Waals surface area contributed by atoms with Gasteiger partial charge in [-0.3, -0.25) is 9.59 Å². The Morgan fingerprint density at radius 1 is 0.757 bits per heavy atom. The molecule has 4 heteroatoms. The van der Waals surface area contributed by atoms with E-state index in [1.165, 1.54) is 10.8 Å². The first kappa shape index (κ1) is 26.2. The van der Waals surface area contributed by atoms with Crippen molar-refractivity contribution in [2.24, 2.45) is 0 Å². The number of hydrogen-bond acceptors (Lipinski definition) is 2. The highest BCUT2D eigenvalue weighted by Crippen LogP contribution is 2.22. The number of nitrogens with one attached hydrogen (secondary N) is 1. The van der Waals surface area contributed by atoms with E-state index in [1.54, 1.807) is 4.90 Å². The molecule has 0 aliphatic carbocycles. The largest absolute Gasteiger partial charge is 0.350 e. The van der Waals surface area contributed by atoms with Crippen molar-refractivity contribution >= 4 is 22.6 Å². The molecule has 1 atom stereocenters. The Hall–Kier alpha value is -3.92. The van der Waals surface area contributed by atoms with Crippen molar-refractivity contribution in [3.8, 4) is 0 Å². The minimum absolute atomic E-state index is 0.0261. The summed E-state index contributed by atoms with van der Waals surface area (Å²) in [6.45, 7) is 6.28. The molecule has 0 fully saturated rings. The van der Waals surface area contributed by atoms with Crippen molar-refractivity contribution in [2.45, 2.75) is 58.2 Å². The maximum absolute atomic E-state index is 13.9. The summed E-state index contributed by atoms with van der Waals surface area (Å²) in [5, 5.41) is 5.46. The van der Waals surface area contributed by atoms with Gasteiger partial charge in [-0.25, -0.2) is 0 Å². The van der Waals surface area contributed by atoms with Crippen LogP contribution in [0.4, 0.5) is 0 Å². The summed E-state index contributed by atoms with van der Waals surface area (Å²) < 4.78 is 0. The fraction of sp³-hybridized carbons (Fsp3) is 0.273. The van der Waals surface area contributed by atoms with Gasteiger partial charge in [0.25, 0.3) is 0 Å². The van der Waals surface area contributed by atoms with Crippen LogP contribution >= 0.6 is 0 Å². The molecule has 2 amide bonds. The number of carbonyl (C=O) groups excluding carboxylic acids is 2. The monoisotopic (exact) mass is 492 g/mol. The first-order valence-corrected chi connectivity index (χ1v) is 13.0. The number of rotatable bonds is 9. The van der Waals surface area contributed by atoms with Crippen molar-refractivity contribution in [3.63, 3.8) is 0 Å². The van der Waals surface area contributed by atoms with Gasteiger partial charge in [0.2, 0.25) is 11.8 Å². The van der Waals surface area contributed by atoms with E-state index < -0.39 is 11.6 Å². The lowest BCUT2D eigenvalue weighted by Gasteiger charge is -2.34. The SMILES string of the molecule is CC(C)(C)NC(=O)[C@H](Cc1ccccc1)N(Cc1ccccc1)C(=O)CCc1cccc2ccccc12. The quantitative estimate of drug-likeness (QED) is 0.297. The fourth-order valence-electron chi connectivity index (χ4n) is 4.68. The summed E-state index contributed by atoms with van der Waals surface area (Å²) in [6.07, 6.45) is 1.40. The van der Waals surface area contributed by atoms with Gasteiger partial charge in [0.05, 0.1) is 0 Å². The van der Waals surface area contributed by atoms with Gasteiger partial charge in [-0.1, -0.05) is 103 Å². The second-order valence-corrected chi connectivity index (χ2v) is 10.6. The molecule has 4 aromatic rings. The normalized spacial score (nSPS) is 12.2. The van der Waals surface area contributed by atoms with Crippen LogP contribution in [0, 0.1) is 0 Å². The third-order valence-electron chi connectivity index (χ3n) is 6.45. The van der Waals surface area contributed by atoms with Crippen LogP contribution in [0.25, 0.3) is 10.8 Å². The molecule has 0 bridgehead atoms. The molecule has 4 rings (SSSR count). The molecule has 0 radical (unpaired) electrons. The molecule has 0 aliphatic heterocycles. The highest BCUT2D eigenvalue weighted by Gasteiger charge is 2.32. The van der Waals surface area contributed by atoms with Crippen LogP contribution in [0.15, 0.2) is 103 Å². The van der Waals surface area contributed by atoms with Crippen LogP contribution < -0.4 is 5.32 Å². The zero-order valence-corrected chi connectivity index (χ0v) is 22.0. The summed E-state index contributed by atoms with van der Waals surface area (Å²) in [7, 11) is 0. The standard InChI is InChI=1S/C33H36N2O2/c1-33(2,3)34-32(37)30(23-25-13-6-4-7-14-25)35(24-26-15-8-5-9-16-26)31(36)22-21-28-19-12-18-27-17-10-11-20-29(27)28/h4-20,30H,21-24H2,1-3H3,(H,34,37)/t30-/m0/s1. The number of carbonyl (C=O) groups is 2. The Kier molecular flexibility index (Phi) is 8.39. The summed E-state index contributed by atoms with van der Waals surface area (Å²) in [4.78, 5) is 29.3. The van der Waals surface area contributed by atoms with Crippen molar-refractivity contribution < 1.29 is 9.59 Å². The van der Waals surface area contributed by atoms with Gasteiger partial charge >= 0.3 is 0 Å². The smallest absolute Gasteiger partial charge is 0.243 e. The van der Waals surface area contributed by atoms with Crippen LogP contribution in [0.1, 0.15) is 43.9 Å². The van der Waals surface area contributed by atoms with Gasteiger partial charge in [0, 0.05) is 24.9 Å². The molecule has 4 nitrogen and oxygen atoms in total. The molecule has 0 aromatic heterocycles. The van der Waals surface area contributed by atoms with Crippen molar-refractivity contribution in [2.75, 3.05) is 0 Å². The number of fused-ring (bicyclic) bond motifs is 1. The zero-order valence-electron chi connectivity index (χ0n) is 22.0. The molecule has 1 N–H and O–H groups in total.